The van der Waals surface area contributed by atoms with Gasteiger partial charge in [0.1, 0.15) is 0 Å². The molecule has 0 aliphatic heterocycles. The van der Waals surface area contributed by atoms with Crippen LogP contribution in [0.2, 0.25) is 0 Å². The van der Waals surface area contributed by atoms with Gasteiger partial charge in [-0.25, -0.2) is 0 Å². The molecule has 3 nitrogen and oxygen atoms in total. The summed E-state index contributed by atoms with van der Waals surface area (Å²) in [7, 11) is 0. The molecule has 0 radical (unpaired) electrons. The zero-order valence-corrected chi connectivity index (χ0v) is 7.82. The zero-order valence-electron chi connectivity index (χ0n) is 3.88. The molecule has 1 N–H and O–H groups in total. The minimum Gasteiger partial charge on any atom is -0.759 e. The largest absolute Gasteiger partial charge is 1.00 e. The molecular formula is C2H2KN3S. The van der Waals surface area contributed by atoms with E-state index in [2.05, 4.69) is 28.0 Å². The van der Waals surface area contributed by atoms with Crippen LogP contribution < -0.4 is 51.4 Å². The molecule has 0 fully saturated rings. The van der Waals surface area contributed by atoms with Crippen LogP contribution in [0.5, 0.6) is 0 Å². The second-order valence-corrected chi connectivity index (χ2v) is 1.26. The van der Waals surface area contributed by atoms with E-state index in [1.807, 2.05) is 0 Å². The van der Waals surface area contributed by atoms with Crippen LogP contribution >= 0.6 is 0 Å². The third kappa shape index (κ3) is 2.73. The van der Waals surface area contributed by atoms with Crippen LogP contribution in [0.25, 0.3) is 0 Å². The summed E-state index contributed by atoms with van der Waals surface area (Å²) in [5, 5.41) is 9.79. The molecule has 0 saturated heterocycles. The van der Waals surface area contributed by atoms with Crippen molar-refractivity contribution in [2.75, 3.05) is 0 Å². The predicted molar refractivity (Wildman–Crippen MR) is 22.0 cm³/mol. The molecule has 0 bridgehead atoms. The number of aromatic amines is 1. The molecule has 1 aromatic rings. The van der Waals surface area contributed by atoms with Gasteiger partial charge in [-0.2, -0.15) is 0 Å². The predicted octanol–water partition coefficient (Wildman–Crippen LogP) is -3.29. The van der Waals surface area contributed by atoms with Gasteiger partial charge in [0.2, 0.25) is 0 Å². The summed E-state index contributed by atoms with van der Waals surface area (Å²) in [5.41, 5.74) is 0. The van der Waals surface area contributed by atoms with Crippen LogP contribution in [0.15, 0.2) is 11.2 Å². The van der Waals surface area contributed by atoms with E-state index >= 15 is 0 Å². The molecule has 0 aliphatic rings. The summed E-state index contributed by atoms with van der Waals surface area (Å²) in [6.07, 6.45) is 1.48. The van der Waals surface area contributed by atoms with E-state index in [0.29, 0.717) is 5.03 Å². The van der Waals surface area contributed by atoms with E-state index in [-0.39, 0.29) is 51.4 Å². The van der Waals surface area contributed by atoms with Crippen molar-refractivity contribution in [1.29, 1.82) is 0 Å². The Morgan fingerprint density at radius 1 is 1.71 bits per heavy atom. The Morgan fingerprint density at radius 3 is 2.57 bits per heavy atom. The first kappa shape index (κ1) is 8.00. The first-order valence-corrected chi connectivity index (χ1v) is 1.83. The maximum absolute atomic E-state index is 4.56. The van der Waals surface area contributed by atoms with Crippen LogP contribution in [0.3, 0.4) is 0 Å². The van der Waals surface area contributed by atoms with Crippen LogP contribution in [0, 0.1) is 0 Å². The minimum absolute atomic E-state index is 0. The van der Waals surface area contributed by atoms with Gasteiger partial charge in [0.15, 0.2) is 0 Å². The fourth-order valence-corrected chi connectivity index (χ4v) is 0.276. The minimum atomic E-state index is 0. The SMILES string of the molecule is [K+].[S-]c1cnn[nH]1. The normalized spacial score (nSPS) is 7.43. The average Bonchev–Trinajstić information content (AvgIpc) is 1.86. The summed E-state index contributed by atoms with van der Waals surface area (Å²) in [6, 6.07) is 0. The quantitative estimate of drug-likeness (QED) is 0.303. The van der Waals surface area contributed by atoms with Gasteiger partial charge < -0.3 is 12.6 Å². The van der Waals surface area contributed by atoms with Crippen LogP contribution in [0.1, 0.15) is 0 Å². The number of hydrogen-bond donors (Lipinski definition) is 1. The molecule has 7 heavy (non-hydrogen) atoms. The second-order valence-electron chi connectivity index (χ2n) is 0.821. The standard InChI is InChI=1S/C2H3N3S.K/c6-2-1-3-5-4-2;/h1H,(H2,3,4,5,6);/q;+1/p-1. The zero-order chi connectivity index (χ0) is 4.41. The van der Waals surface area contributed by atoms with Crippen LogP contribution in [-0.4, -0.2) is 15.4 Å². The Bertz CT molecular complexity index is 116. The maximum Gasteiger partial charge on any atom is 1.00 e. The molecule has 32 valence electrons. The van der Waals surface area contributed by atoms with Crippen molar-refractivity contribution in [2.45, 2.75) is 5.03 Å². The van der Waals surface area contributed by atoms with Crippen molar-refractivity contribution in [3.05, 3.63) is 6.20 Å². The number of aromatic nitrogens is 3. The van der Waals surface area contributed by atoms with E-state index in [4.69, 9.17) is 0 Å². The number of H-pyrrole nitrogens is 1. The van der Waals surface area contributed by atoms with Crippen molar-refractivity contribution < 1.29 is 51.4 Å². The Kier molecular flexibility index (Phi) is 4.49. The molecule has 1 rings (SSSR count). The summed E-state index contributed by atoms with van der Waals surface area (Å²) in [6.45, 7) is 0. The van der Waals surface area contributed by atoms with Crippen LogP contribution in [-0.2, 0) is 12.6 Å². The fourth-order valence-electron chi connectivity index (χ4n) is 0.188. The monoisotopic (exact) mass is 139 g/mol. The number of hydrogen-bond acceptors (Lipinski definition) is 3. The number of nitrogens with zero attached hydrogens (tertiary/aromatic N) is 2. The maximum atomic E-state index is 4.56. The first-order valence-electron chi connectivity index (χ1n) is 1.42. The average molecular weight is 139 g/mol. The Labute approximate surface area is 89.1 Å². The summed E-state index contributed by atoms with van der Waals surface area (Å²) >= 11 is 4.56. The van der Waals surface area contributed by atoms with Crippen molar-refractivity contribution in [3.63, 3.8) is 0 Å². The second kappa shape index (κ2) is 3.93. The topological polar surface area (TPSA) is 41.6 Å². The van der Waals surface area contributed by atoms with E-state index < -0.39 is 0 Å². The molecule has 0 atom stereocenters. The third-order valence-electron chi connectivity index (χ3n) is 0.393. The van der Waals surface area contributed by atoms with Crippen LogP contribution in [0.4, 0.5) is 0 Å². The van der Waals surface area contributed by atoms with Gasteiger partial charge >= 0.3 is 51.4 Å². The third-order valence-corrected chi connectivity index (χ3v) is 0.590. The van der Waals surface area contributed by atoms with Gasteiger partial charge in [-0.1, -0.05) is 10.2 Å². The molecule has 0 spiro atoms. The van der Waals surface area contributed by atoms with Crippen molar-refractivity contribution >= 4 is 12.6 Å². The van der Waals surface area contributed by atoms with Gasteiger partial charge in [0, 0.05) is 6.20 Å². The molecule has 1 aromatic heterocycles. The summed E-state index contributed by atoms with van der Waals surface area (Å²) in [4.78, 5) is 0. The van der Waals surface area contributed by atoms with E-state index in [9.17, 15) is 0 Å². The molecule has 0 saturated carbocycles. The summed E-state index contributed by atoms with van der Waals surface area (Å²) < 4.78 is 0. The first-order chi connectivity index (χ1) is 2.89. The van der Waals surface area contributed by atoms with Gasteiger partial charge in [-0.3, -0.25) is 5.10 Å². The molecule has 5 heteroatoms. The Balaban J connectivity index is 0.000000360. The van der Waals surface area contributed by atoms with Gasteiger partial charge in [-0.15, -0.1) is 5.10 Å². The molecule has 0 unspecified atom stereocenters. The van der Waals surface area contributed by atoms with Gasteiger partial charge in [-0.05, 0) is 0 Å². The van der Waals surface area contributed by atoms with Crippen molar-refractivity contribution in [3.8, 4) is 0 Å². The molecule has 0 amide bonds. The molecular weight excluding hydrogens is 137 g/mol. The summed E-state index contributed by atoms with van der Waals surface area (Å²) in [5.74, 6) is 0. The fraction of sp³-hybridized carbons (Fsp3) is 0. The molecule has 0 aromatic carbocycles. The van der Waals surface area contributed by atoms with Gasteiger partial charge in [0.05, 0.1) is 0 Å². The Morgan fingerprint density at radius 2 is 2.43 bits per heavy atom. The van der Waals surface area contributed by atoms with Crippen molar-refractivity contribution in [2.24, 2.45) is 0 Å². The van der Waals surface area contributed by atoms with Gasteiger partial charge in [0.25, 0.3) is 0 Å². The van der Waals surface area contributed by atoms with E-state index in [1.165, 1.54) is 6.20 Å². The van der Waals surface area contributed by atoms with Crippen molar-refractivity contribution in [1.82, 2.24) is 15.4 Å². The smallest absolute Gasteiger partial charge is 0.759 e. The number of rotatable bonds is 0. The molecule has 1 heterocycles. The number of nitrogens with one attached hydrogen (secondary N) is 1. The Hall–Kier alpha value is 0.996. The molecule has 0 aliphatic carbocycles. The van der Waals surface area contributed by atoms with E-state index in [1.54, 1.807) is 0 Å². The van der Waals surface area contributed by atoms with E-state index in [0.717, 1.165) is 0 Å².